The number of pyridine rings is 1. The molecule has 102 valence electrons. The van der Waals surface area contributed by atoms with E-state index in [1.165, 1.54) is 36.9 Å². The largest absolute Gasteiger partial charge is 0.371 e. The smallest absolute Gasteiger partial charge is 0.0755 e. The normalized spacial score (nSPS) is 29.8. The summed E-state index contributed by atoms with van der Waals surface area (Å²) in [4.78, 5) is 6.79. The summed E-state index contributed by atoms with van der Waals surface area (Å²) in [6.45, 7) is 3.02. The van der Waals surface area contributed by atoms with Gasteiger partial charge in [0.05, 0.1) is 12.2 Å². The second kappa shape index (κ2) is 4.76. The molecule has 1 N–H and O–H groups in total. The third kappa shape index (κ3) is 2.47. The molecule has 3 aliphatic rings. The summed E-state index contributed by atoms with van der Waals surface area (Å²) in [6, 6.07) is 2.91. The molecule has 19 heavy (non-hydrogen) atoms. The maximum Gasteiger partial charge on any atom is 0.0755 e. The summed E-state index contributed by atoms with van der Waals surface area (Å²) in [5.41, 5.74) is 2.68. The van der Waals surface area contributed by atoms with E-state index in [1.807, 2.05) is 12.4 Å². The van der Waals surface area contributed by atoms with E-state index in [9.17, 15) is 0 Å². The summed E-state index contributed by atoms with van der Waals surface area (Å²) >= 11 is 0. The zero-order chi connectivity index (χ0) is 12.7. The van der Waals surface area contributed by atoms with E-state index >= 15 is 0 Å². The number of morpholine rings is 1. The topological polar surface area (TPSA) is 37.4 Å². The zero-order valence-corrected chi connectivity index (χ0v) is 11.2. The standard InChI is InChI=1S/C15H21N3O/c1-2-12(1)17-8-11-7-16-6-5-15(11)18-9-13-3-4-14(10-18)19-13/h5-7,12-14,17H,1-4,8-10H2. The van der Waals surface area contributed by atoms with Gasteiger partial charge in [-0.25, -0.2) is 0 Å². The van der Waals surface area contributed by atoms with Crippen molar-refractivity contribution in [2.45, 2.75) is 50.5 Å². The first kappa shape index (κ1) is 11.7. The molecule has 0 radical (unpaired) electrons. The average Bonchev–Trinajstić information content (AvgIpc) is 3.22. The first-order valence-electron chi connectivity index (χ1n) is 7.45. The minimum atomic E-state index is 0.441. The number of ether oxygens (including phenoxy) is 1. The number of nitrogens with zero attached hydrogens (tertiary/aromatic N) is 2. The molecule has 2 aliphatic heterocycles. The van der Waals surface area contributed by atoms with E-state index in [0.717, 1.165) is 25.7 Å². The Morgan fingerprint density at radius 2 is 2.00 bits per heavy atom. The molecule has 2 atom stereocenters. The molecule has 1 aromatic rings. The Bertz CT molecular complexity index is 448. The molecule has 2 bridgehead atoms. The highest BCUT2D eigenvalue weighted by Crippen LogP contribution is 2.31. The van der Waals surface area contributed by atoms with Crippen molar-refractivity contribution in [3.63, 3.8) is 0 Å². The van der Waals surface area contributed by atoms with Gasteiger partial charge in [0.1, 0.15) is 0 Å². The van der Waals surface area contributed by atoms with Gasteiger partial charge < -0.3 is 15.0 Å². The van der Waals surface area contributed by atoms with Crippen molar-refractivity contribution in [2.75, 3.05) is 18.0 Å². The first-order chi connectivity index (χ1) is 9.38. The summed E-state index contributed by atoms with van der Waals surface area (Å²) < 4.78 is 5.92. The number of hydrogen-bond donors (Lipinski definition) is 1. The van der Waals surface area contributed by atoms with Crippen LogP contribution >= 0.6 is 0 Å². The molecule has 3 heterocycles. The molecule has 0 aromatic carbocycles. The molecule has 1 aromatic heterocycles. The van der Waals surface area contributed by atoms with Gasteiger partial charge in [-0.05, 0) is 31.7 Å². The van der Waals surface area contributed by atoms with Gasteiger partial charge in [-0.1, -0.05) is 0 Å². The van der Waals surface area contributed by atoms with Gasteiger partial charge in [-0.2, -0.15) is 0 Å². The summed E-state index contributed by atoms with van der Waals surface area (Å²) in [7, 11) is 0. The maximum atomic E-state index is 5.92. The fourth-order valence-corrected chi connectivity index (χ4v) is 3.22. The Hall–Kier alpha value is -1.13. The van der Waals surface area contributed by atoms with Gasteiger partial charge in [0.2, 0.25) is 0 Å². The number of rotatable bonds is 4. The summed E-state index contributed by atoms with van der Waals surface area (Å²) in [6.07, 6.45) is 9.92. The van der Waals surface area contributed by atoms with Crippen LogP contribution in [0.5, 0.6) is 0 Å². The lowest BCUT2D eigenvalue weighted by Gasteiger charge is -2.35. The lowest BCUT2D eigenvalue weighted by atomic mass is 10.2. The number of anilines is 1. The molecule has 4 rings (SSSR count). The van der Waals surface area contributed by atoms with Crippen molar-refractivity contribution in [1.29, 1.82) is 0 Å². The van der Waals surface area contributed by atoms with Crippen LogP contribution in [0.3, 0.4) is 0 Å². The number of aromatic nitrogens is 1. The fraction of sp³-hybridized carbons (Fsp3) is 0.667. The van der Waals surface area contributed by atoms with E-state index in [1.54, 1.807) is 0 Å². The van der Waals surface area contributed by atoms with E-state index in [-0.39, 0.29) is 0 Å². The van der Waals surface area contributed by atoms with Crippen LogP contribution in [0.4, 0.5) is 5.69 Å². The number of nitrogens with one attached hydrogen (secondary N) is 1. The molecule has 4 nitrogen and oxygen atoms in total. The molecule has 1 saturated carbocycles. The first-order valence-corrected chi connectivity index (χ1v) is 7.45. The lowest BCUT2D eigenvalue weighted by molar-refractivity contribution is 0.0304. The fourth-order valence-electron chi connectivity index (χ4n) is 3.22. The van der Waals surface area contributed by atoms with Gasteiger partial charge in [0.25, 0.3) is 0 Å². The van der Waals surface area contributed by atoms with Gasteiger partial charge in [0, 0.05) is 49.3 Å². The van der Waals surface area contributed by atoms with Gasteiger partial charge in [-0.3, -0.25) is 4.98 Å². The van der Waals surface area contributed by atoms with E-state index in [4.69, 9.17) is 4.74 Å². The highest BCUT2D eigenvalue weighted by molar-refractivity contribution is 5.53. The third-order valence-electron chi connectivity index (χ3n) is 4.42. The SMILES string of the molecule is c1cc(N2CC3CCC(C2)O3)c(CNC2CC2)cn1. The highest BCUT2D eigenvalue weighted by atomic mass is 16.5. The number of hydrogen-bond acceptors (Lipinski definition) is 4. The Labute approximate surface area is 114 Å². The maximum absolute atomic E-state index is 5.92. The molecule has 2 saturated heterocycles. The van der Waals surface area contributed by atoms with Crippen molar-refractivity contribution in [3.05, 3.63) is 24.0 Å². The molecule has 2 unspecified atom stereocenters. The van der Waals surface area contributed by atoms with Crippen molar-refractivity contribution in [2.24, 2.45) is 0 Å². The predicted molar refractivity (Wildman–Crippen MR) is 74.2 cm³/mol. The van der Waals surface area contributed by atoms with Crippen LogP contribution in [0, 0.1) is 0 Å². The van der Waals surface area contributed by atoms with Crippen molar-refractivity contribution in [3.8, 4) is 0 Å². The molecule has 3 fully saturated rings. The Morgan fingerprint density at radius 1 is 1.21 bits per heavy atom. The van der Waals surface area contributed by atoms with Crippen LogP contribution in [0.1, 0.15) is 31.2 Å². The Morgan fingerprint density at radius 3 is 2.74 bits per heavy atom. The molecule has 4 heteroatoms. The van der Waals surface area contributed by atoms with E-state index in [2.05, 4.69) is 21.3 Å². The molecular formula is C15H21N3O. The quantitative estimate of drug-likeness (QED) is 0.893. The Balaban J connectivity index is 1.52. The molecule has 0 spiro atoms. The van der Waals surface area contributed by atoms with Gasteiger partial charge in [0.15, 0.2) is 0 Å². The molecular weight excluding hydrogens is 238 g/mol. The molecule has 1 aliphatic carbocycles. The minimum Gasteiger partial charge on any atom is -0.371 e. The van der Waals surface area contributed by atoms with Crippen LogP contribution in [0.25, 0.3) is 0 Å². The van der Waals surface area contributed by atoms with Crippen LogP contribution in [0.15, 0.2) is 18.5 Å². The highest BCUT2D eigenvalue weighted by Gasteiger charge is 2.34. The van der Waals surface area contributed by atoms with Crippen LogP contribution < -0.4 is 10.2 Å². The van der Waals surface area contributed by atoms with E-state index < -0.39 is 0 Å². The van der Waals surface area contributed by atoms with Crippen molar-refractivity contribution >= 4 is 5.69 Å². The zero-order valence-electron chi connectivity index (χ0n) is 11.2. The third-order valence-corrected chi connectivity index (χ3v) is 4.42. The van der Waals surface area contributed by atoms with Crippen LogP contribution in [-0.4, -0.2) is 36.3 Å². The van der Waals surface area contributed by atoms with Crippen LogP contribution in [-0.2, 0) is 11.3 Å². The lowest BCUT2D eigenvalue weighted by Crippen LogP contribution is -2.43. The predicted octanol–water partition coefficient (Wildman–Crippen LogP) is 1.70. The molecule has 0 amide bonds. The second-order valence-corrected chi connectivity index (χ2v) is 6.02. The van der Waals surface area contributed by atoms with Crippen molar-refractivity contribution in [1.82, 2.24) is 10.3 Å². The van der Waals surface area contributed by atoms with Crippen LogP contribution in [0.2, 0.25) is 0 Å². The van der Waals surface area contributed by atoms with Gasteiger partial charge >= 0.3 is 0 Å². The number of fused-ring (bicyclic) bond motifs is 2. The monoisotopic (exact) mass is 259 g/mol. The summed E-state index contributed by atoms with van der Waals surface area (Å²) in [5, 5.41) is 3.59. The Kier molecular flexibility index (Phi) is 2.93. The van der Waals surface area contributed by atoms with Gasteiger partial charge in [-0.15, -0.1) is 0 Å². The average molecular weight is 259 g/mol. The summed E-state index contributed by atoms with van der Waals surface area (Å²) in [5.74, 6) is 0. The van der Waals surface area contributed by atoms with Crippen molar-refractivity contribution < 1.29 is 4.74 Å². The van der Waals surface area contributed by atoms with E-state index in [0.29, 0.717) is 12.2 Å². The minimum absolute atomic E-state index is 0.441. The second-order valence-electron chi connectivity index (χ2n) is 6.02.